The molecule has 120 valence electrons. The normalized spacial score (nSPS) is 10.0. The van der Waals surface area contributed by atoms with Crippen LogP contribution in [0.4, 0.5) is 5.69 Å². The molecule has 0 heterocycles. The molecule has 0 saturated heterocycles. The number of hydrogen-bond donors (Lipinski definition) is 1. The monoisotopic (exact) mass is 377 g/mol. The van der Waals surface area contributed by atoms with Gasteiger partial charge in [0.25, 0.3) is 5.91 Å². The molecule has 0 aliphatic heterocycles. The third-order valence-corrected chi connectivity index (χ3v) is 3.48. The van der Waals surface area contributed by atoms with Crippen LogP contribution in [0.15, 0.2) is 53.0 Å². The van der Waals surface area contributed by atoms with E-state index >= 15 is 0 Å². The number of amides is 1. The topological polar surface area (TPSA) is 64.6 Å². The lowest BCUT2D eigenvalue weighted by atomic mass is 10.2. The van der Waals surface area contributed by atoms with E-state index in [2.05, 4.69) is 21.2 Å². The molecule has 6 heteroatoms. The van der Waals surface area contributed by atoms with Crippen molar-refractivity contribution in [2.75, 3.05) is 18.5 Å². The van der Waals surface area contributed by atoms with Crippen molar-refractivity contribution in [1.29, 1.82) is 0 Å². The number of anilines is 1. The van der Waals surface area contributed by atoms with Gasteiger partial charge in [-0.25, -0.2) is 4.79 Å². The van der Waals surface area contributed by atoms with Crippen LogP contribution < -0.4 is 10.1 Å². The van der Waals surface area contributed by atoms with E-state index in [1.165, 1.54) is 0 Å². The van der Waals surface area contributed by atoms with Crippen LogP contribution in [0.2, 0.25) is 0 Å². The molecular weight excluding hydrogens is 362 g/mol. The first-order chi connectivity index (χ1) is 11.0. The molecule has 1 N–H and O–H groups in total. The number of rotatable bonds is 6. The summed E-state index contributed by atoms with van der Waals surface area (Å²) in [7, 11) is 0. The average Bonchev–Trinajstić information content (AvgIpc) is 2.54. The van der Waals surface area contributed by atoms with Crippen LogP contribution in [0.3, 0.4) is 0 Å². The zero-order valence-corrected chi connectivity index (χ0v) is 14.1. The van der Waals surface area contributed by atoms with Crippen molar-refractivity contribution in [3.05, 3.63) is 58.6 Å². The minimum absolute atomic E-state index is 0.251. The van der Waals surface area contributed by atoms with Gasteiger partial charge in [0, 0.05) is 10.2 Å². The van der Waals surface area contributed by atoms with Gasteiger partial charge in [-0.2, -0.15) is 0 Å². The summed E-state index contributed by atoms with van der Waals surface area (Å²) < 4.78 is 11.1. The lowest BCUT2D eigenvalue weighted by molar-refractivity contribution is -0.149. The molecule has 0 saturated carbocycles. The third-order valence-electron chi connectivity index (χ3n) is 2.95. The Bertz CT molecular complexity index is 685. The average molecular weight is 378 g/mol. The molecular formula is C17H16BrNO4. The van der Waals surface area contributed by atoms with Gasteiger partial charge >= 0.3 is 5.97 Å². The molecule has 0 aromatic heterocycles. The number of carbonyl (C=O) groups is 2. The van der Waals surface area contributed by atoms with Gasteiger partial charge in [-0.3, -0.25) is 4.79 Å². The van der Waals surface area contributed by atoms with Gasteiger partial charge < -0.3 is 14.8 Å². The number of para-hydroxylation sites is 1. The molecule has 0 unspecified atom stereocenters. The number of aryl methyl sites for hydroxylation is 1. The van der Waals surface area contributed by atoms with Crippen LogP contribution in [-0.2, 0) is 14.3 Å². The standard InChI is InChI=1S/C17H16BrNO4/c1-12-4-2-3-5-15(12)19-16(20)10-23-17(21)11-22-14-8-6-13(18)7-9-14/h2-9H,10-11H2,1H3,(H,19,20). The zero-order chi connectivity index (χ0) is 16.7. The first-order valence-electron chi connectivity index (χ1n) is 6.94. The minimum Gasteiger partial charge on any atom is -0.482 e. The summed E-state index contributed by atoms with van der Waals surface area (Å²) in [6, 6.07) is 14.4. The molecule has 0 spiro atoms. The second-order valence-electron chi connectivity index (χ2n) is 4.77. The quantitative estimate of drug-likeness (QED) is 0.784. The predicted octanol–water partition coefficient (Wildman–Crippen LogP) is 3.32. The number of nitrogens with one attached hydrogen (secondary N) is 1. The maximum atomic E-state index is 11.7. The Kier molecular flexibility index (Phi) is 6.17. The lowest BCUT2D eigenvalue weighted by Gasteiger charge is -2.09. The number of hydrogen-bond acceptors (Lipinski definition) is 4. The van der Waals surface area contributed by atoms with Crippen LogP contribution in [0.25, 0.3) is 0 Å². The zero-order valence-electron chi connectivity index (χ0n) is 12.5. The first-order valence-corrected chi connectivity index (χ1v) is 7.73. The van der Waals surface area contributed by atoms with Crippen molar-refractivity contribution in [3.8, 4) is 5.75 Å². The molecule has 5 nitrogen and oxygen atoms in total. The second-order valence-corrected chi connectivity index (χ2v) is 5.68. The summed E-state index contributed by atoms with van der Waals surface area (Å²) in [5.41, 5.74) is 1.63. The highest BCUT2D eigenvalue weighted by Gasteiger charge is 2.09. The molecule has 0 atom stereocenters. The Morgan fingerprint density at radius 2 is 1.74 bits per heavy atom. The third kappa shape index (κ3) is 5.75. The van der Waals surface area contributed by atoms with E-state index in [1.807, 2.05) is 25.1 Å². The highest BCUT2D eigenvalue weighted by molar-refractivity contribution is 9.10. The van der Waals surface area contributed by atoms with Crippen LogP contribution in [-0.4, -0.2) is 25.1 Å². The summed E-state index contributed by atoms with van der Waals surface area (Å²) in [5.74, 6) is -0.446. The maximum absolute atomic E-state index is 11.7. The highest BCUT2D eigenvalue weighted by atomic mass is 79.9. The van der Waals surface area contributed by atoms with Gasteiger partial charge in [-0.15, -0.1) is 0 Å². The molecule has 1 amide bonds. The molecule has 2 aromatic carbocycles. The molecule has 0 aliphatic rings. The molecule has 2 rings (SSSR count). The van der Waals surface area contributed by atoms with Crippen molar-refractivity contribution in [2.45, 2.75) is 6.92 Å². The first kappa shape index (κ1) is 17.0. The Hall–Kier alpha value is -2.34. The number of ether oxygens (including phenoxy) is 2. The van der Waals surface area contributed by atoms with Gasteiger partial charge in [0.2, 0.25) is 0 Å². The van der Waals surface area contributed by atoms with E-state index in [4.69, 9.17) is 9.47 Å². The molecule has 0 radical (unpaired) electrons. The maximum Gasteiger partial charge on any atom is 0.344 e. The van der Waals surface area contributed by atoms with Gasteiger partial charge in [0.05, 0.1) is 0 Å². The molecule has 2 aromatic rings. The molecule has 0 aliphatic carbocycles. The van der Waals surface area contributed by atoms with E-state index in [9.17, 15) is 9.59 Å². The number of esters is 1. The van der Waals surface area contributed by atoms with Crippen LogP contribution in [0.5, 0.6) is 5.75 Å². The van der Waals surface area contributed by atoms with Gasteiger partial charge in [-0.1, -0.05) is 34.1 Å². The molecule has 0 fully saturated rings. The van der Waals surface area contributed by atoms with E-state index in [1.54, 1.807) is 30.3 Å². The Labute approximate surface area is 142 Å². The van der Waals surface area contributed by atoms with E-state index < -0.39 is 11.9 Å². The largest absolute Gasteiger partial charge is 0.482 e. The Morgan fingerprint density at radius 1 is 1.04 bits per heavy atom. The molecule has 23 heavy (non-hydrogen) atoms. The SMILES string of the molecule is Cc1ccccc1NC(=O)COC(=O)COc1ccc(Br)cc1. The van der Waals surface area contributed by atoms with Crippen LogP contribution in [0, 0.1) is 6.92 Å². The fraction of sp³-hybridized carbons (Fsp3) is 0.176. The van der Waals surface area contributed by atoms with Gasteiger partial charge in [0.1, 0.15) is 5.75 Å². The number of carbonyl (C=O) groups excluding carboxylic acids is 2. The van der Waals surface area contributed by atoms with Crippen LogP contribution in [0.1, 0.15) is 5.56 Å². The van der Waals surface area contributed by atoms with E-state index in [-0.39, 0.29) is 13.2 Å². The Morgan fingerprint density at radius 3 is 2.43 bits per heavy atom. The van der Waals surface area contributed by atoms with Crippen molar-refractivity contribution < 1.29 is 19.1 Å². The predicted molar refractivity (Wildman–Crippen MR) is 90.4 cm³/mol. The van der Waals surface area contributed by atoms with E-state index in [0.717, 1.165) is 10.0 Å². The second kappa shape index (κ2) is 8.33. The van der Waals surface area contributed by atoms with Gasteiger partial charge in [-0.05, 0) is 42.8 Å². The number of benzene rings is 2. The summed E-state index contributed by atoms with van der Waals surface area (Å²) in [6.07, 6.45) is 0. The summed E-state index contributed by atoms with van der Waals surface area (Å²) >= 11 is 3.31. The van der Waals surface area contributed by atoms with Gasteiger partial charge in [0.15, 0.2) is 13.2 Å². The van der Waals surface area contributed by atoms with Crippen molar-refractivity contribution in [3.63, 3.8) is 0 Å². The molecule has 0 bridgehead atoms. The highest BCUT2D eigenvalue weighted by Crippen LogP contribution is 2.16. The van der Waals surface area contributed by atoms with Crippen molar-refractivity contribution in [2.24, 2.45) is 0 Å². The summed E-state index contributed by atoms with van der Waals surface area (Å²) in [5, 5.41) is 2.68. The summed E-state index contributed by atoms with van der Waals surface area (Å²) in [6.45, 7) is 1.28. The smallest absolute Gasteiger partial charge is 0.344 e. The Balaban J connectivity index is 1.72. The minimum atomic E-state index is -0.604. The summed E-state index contributed by atoms with van der Waals surface area (Å²) in [4.78, 5) is 23.3. The van der Waals surface area contributed by atoms with E-state index in [0.29, 0.717) is 11.4 Å². The van der Waals surface area contributed by atoms with Crippen molar-refractivity contribution in [1.82, 2.24) is 0 Å². The van der Waals surface area contributed by atoms with Crippen molar-refractivity contribution >= 4 is 33.5 Å². The van der Waals surface area contributed by atoms with Crippen LogP contribution >= 0.6 is 15.9 Å². The number of halogens is 1. The fourth-order valence-corrected chi connectivity index (χ4v) is 2.02. The lowest BCUT2D eigenvalue weighted by Crippen LogP contribution is -2.23. The fourth-order valence-electron chi connectivity index (χ4n) is 1.76.